The Morgan fingerprint density at radius 3 is 2.36 bits per heavy atom. The minimum absolute atomic E-state index is 0.505. The second kappa shape index (κ2) is 4.22. The fourth-order valence-electron chi connectivity index (χ4n) is 1.47. The van der Waals surface area contributed by atoms with E-state index in [0.29, 0.717) is 0 Å². The molecule has 0 saturated carbocycles. The fraction of sp³-hybridized carbons (Fsp3) is 0.875. The number of hydrogen-bond acceptors (Lipinski definition) is 6. The lowest BCUT2D eigenvalue weighted by Gasteiger charge is -2.39. The molecule has 6 heteroatoms. The van der Waals surface area contributed by atoms with Gasteiger partial charge in [0.25, 0.3) is 0 Å². The molecule has 0 radical (unpaired) electrons. The Morgan fingerprint density at radius 2 is 1.86 bits per heavy atom. The Morgan fingerprint density at radius 1 is 1.29 bits per heavy atom. The van der Waals surface area contributed by atoms with Crippen molar-refractivity contribution in [2.45, 2.75) is 43.9 Å². The van der Waals surface area contributed by atoms with E-state index in [4.69, 9.17) is 4.74 Å². The van der Waals surface area contributed by atoms with E-state index in [1.807, 2.05) is 0 Å². The van der Waals surface area contributed by atoms with Gasteiger partial charge in [-0.1, -0.05) is 0 Å². The first-order valence-electron chi connectivity index (χ1n) is 4.33. The van der Waals surface area contributed by atoms with Gasteiger partial charge < -0.3 is 30.0 Å². The molecule has 0 amide bonds. The summed E-state index contributed by atoms with van der Waals surface area (Å²) in [4.78, 5) is 10.3. The topological polar surface area (TPSA) is 110 Å². The van der Waals surface area contributed by atoms with Crippen LogP contribution in [0.15, 0.2) is 0 Å². The molecule has 0 aliphatic carbocycles. The number of aliphatic carboxylic acids is 1. The van der Waals surface area contributed by atoms with Gasteiger partial charge in [0.2, 0.25) is 0 Å². The van der Waals surface area contributed by atoms with Crippen LogP contribution in [0.1, 0.15) is 13.3 Å². The van der Waals surface area contributed by atoms with Crippen LogP contribution in [-0.4, -0.2) is 51.8 Å². The lowest BCUT2D eigenvalue weighted by molar-refractivity contribution is -0.312. The summed E-state index contributed by atoms with van der Waals surface area (Å²) in [6.07, 6.45) is -6.24. The molecule has 0 aromatic rings. The van der Waals surface area contributed by atoms with Gasteiger partial charge in [0.15, 0.2) is 0 Å². The van der Waals surface area contributed by atoms with Gasteiger partial charge in [0.1, 0.15) is 18.3 Å². The summed E-state index contributed by atoms with van der Waals surface area (Å²) >= 11 is 0. The minimum Gasteiger partial charge on any atom is -0.550 e. The Kier molecular flexibility index (Phi) is 3.43. The molecule has 0 aromatic heterocycles. The zero-order chi connectivity index (χ0) is 10.9. The quantitative estimate of drug-likeness (QED) is 0.443. The van der Waals surface area contributed by atoms with Crippen LogP contribution < -0.4 is 5.11 Å². The molecule has 3 N–H and O–H groups in total. The van der Waals surface area contributed by atoms with Crippen molar-refractivity contribution in [3.05, 3.63) is 0 Å². The molecule has 1 heterocycles. The highest BCUT2D eigenvalue weighted by Gasteiger charge is 2.41. The largest absolute Gasteiger partial charge is 0.550 e. The Labute approximate surface area is 80.7 Å². The van der Waals surface area contributed by atoms with Gasteiger partial charge in [-0.3, -0.25) is 0 Å². The van der Waals surface area contributed by atoms with E-state index in [9.17, 15) is 25.2 Å². The minimum atomic E-state index is -1.40. The van der Waals surface area contributed by atoms with Crippen LogP contribution in [-0.2, 0) is 9.53 Å². The zero-order valence-corrected chi connectivity index (χ0v) is 7.66. The summed E-state index contributed by atoms with van der Waals surface area (Å²) in [6.45, 7) is 1.49. The third kappa shape index (κ3) is 2.21. The molecule has 6 nitrogen and oxygen atoms in total. The number of carboxylic acid groups (broad SMARTS) is 1. The van der Waals surface area contributed by atoms with E-state index in [-0.39, 0.29) is 0 Å². The van der Waals surface area contributed by atoms with Crippen molar-refractivity contribution in [2.24, 2.45) is 0 Å². The molecule has 5 atom stereocenters. The van der Waals surface area contributed by atoms with Crippen molar-refractivity contribution < 1.29 is 30.0 Å². The number of carboxylic acids is 1. The number of carbonyl (C=O) groups is 1. The third-order valence-electron chi connectivity index (χ3n) is 2.32. The summed E-state index contributed by atoms with van der Waals surface area (Å²) in [7, 11) is 0. The van der Waals surface area contributed by atoms with E-state index in [1.165, 1.54) is 6.92 Å². The first kappa shape index (κ1) is 11.4. The van der Waals surface area contributed by atoms with Crippen LogP contribution in [0.5, 0.6) is 0 Å². The van der Waals surface area contributed by atoms with Crippen LogP contribution in [0.4, 0.5) is 0 Å². The summed E-state index contributed by atoms with van der Waals surface area (Å²) in [5.74, 6) is -1.37. The van der Waals surface area contributed by atoms with Crippen molar-refractivity contribution in [1.82, 2.24) is 0 Å². The summed E-state index contributed by atoms with van der Waals surface area (Å²) in [5, 5.41) is 38.2. The first-order valence-corrected chi connectivity index (χ1v) is 4.33. The van der Waals surface area contributed by atoms with Gasteiger partial charge in [-0.2, -0.15) is 0 Å². The van der Waals surface area contributed by atoms with Crippen LogP contribution in [0, 0.1) is 0 Å². The summed E-state index contributed by atoms with van der Waals surface area (Å²) in [6, 6.07) is 0. The molecule has 0 bridgehead atoms. The van der Waals surface area contributed by atoms with Gasteiger partial charge in [-0.25, -0.2) is 0 Å². The van der Waals surface area contributed by atoms with E-state index in [1.54, 1.807) is 0 Å². The molecule has 1 fully saturated rings. The molecule has 1 saturated heterocycles. The molecule has 1 aliphatic rings. The fourth-order valence-corrected chi connectivity index (χ4v) is 1.47. The second-order valence-electron chi connectivity index (χ2n) is 3.43. The number of aliphatic hydroxyl groups is 3. The lowest BCUT2D eigenvalue weighted by Crippen LogP contribution is -2.57. The average molecular weight is 205 g/mol. The van der Waals surface area contributed by atoms with Crippen molar-refractivity contribution in [3.63, 3.8) is 0 Å². The number of aliphatic hydroxyl groups excluding tert-OH is 3. The van der Waals surface area contributed by atoms with E-state index in [2.05, 4.69) is 0 Å². The highest BCUT2D eigenvalue weighted by atomic mass is 16.5. The van der Waals surface area contributed by atoms with Crippen molar-refractivity contribution in [3.8, 4) is 0 Å². The van der Waals surface area contributed by atoms with Crippen LogP contribution in [0.25, 0.3) is 0 Å². The van der Waals surface area contributed by atoms with Crippen LogP contribution in [0.3, 0.4) is 0 Å². The second-order valence-corrected chi connectivity index (χ2v) is 3.43. The SMILES string of the molecule is C[C@@H]1OC(CC(=O)[O-])[C@H](O)[C@H](O)C1O. The molecule has 0 spiro atoms. The maximum Gasteiger partial charge on any atom is 0.111 e. The Hall–Kier alpha value is -0.690. The Balaban J connectivity index is 2.65. The van der Waals surface area contributed by atoms with Gasteiger partial charge >= 0.3 is 0 Å². The monoisotopic (exact) mass is 205 g/mol. The number of rotatable bonds is 2. The molecule has 1 aliphatic heterocycles. The van der Waals surface area contributed by atoms with Gasteiger partial charge in [0, 0.05) is 12.4 Å². The maximum atomic E-state index is 10.3. The zero-order valence-electron chi connectivity index (χ0n) is 7.66. The van der Waals surface area contributed by atoms with Crippen molar-refractivity contribution >= 4 is 5.97 Å². The van der Waals surface area contributed by atoms with Crippen LogP contribution in [0.2, 0.25) is 0 Å². The first-order chi connectivity index (χ1) is 6.43. The highest BCUT2D eigenvalue weighted by molar-refractivity contribution is 5.65. The standard InChI is InChI=1S/C8H14O6/c1-3-6(11)8(13)7(12)4(14-3)2-5(9)10/h3-4,6-8,11-13H,2H2,1H3,(H,9,10)/p-1/t3-,4?,6?,7-,8+/m0/s1. The summed E-state index contributed by atoms with van der Waals surface area (Å²) < 4.78 is 5.01. The molecular formula is C8H13O6-. The molecule has 1 rings (SSSR count). The molecule has 14 heavy (non-hydrogen) atoms. The van der Waals surface area contributed by atoms with Crippen molar-refractivity contribution in [2.75, 3.05) is 0 Å². The van der Waals surface area contributed by atoms with E-state index >= 15 is 0 Å². The van der Waals surface area contributed by atoms with Crippen LogP contribution >= 0.6 is 0 Å². The Bertz CT molecular complexity index is 218. The predicted octanol–water partition coefficient (Wildman–Crippen LogP) is -3.00. The predicted molar refractivity (Wildman–Crippen MR) is 42.0 cm³/mol. The molecule has 82 valence electrons. The van der Waals surface area contributed by atoms with E-state index in [0.717, 1.165) is 0 Å². The molecule has 2 unspecified atom stereocenters. The van der Waals surface area contributed by atoms with Gasteiger partial charge in [-0.05, 0) is 6.92 Å². The van der Waals surface area contributed by atoms with Gasteiger partial charge in [-0.15, -0.1) is 0 Å². The van der Waals surface area contributed by atoms with E-state index < -0.39 is 42.9 Å². The molecule has 0 aromatic carbocycles. The number of hydrogen-bond donors (Lipinski definition) is 3. The number of ether oxygens (including phenoxy) is 1. The summed E-state index contributed by atoms with van der Waals surface area (Å²) in [5.41, 5.74) is 0. The average Bonchev–Trinajstić information content (AvgIpc) is 2.10. The molecular weight excluding hydrogens is 192 g/mol. The smallest absolute Gasteiger partial charge is 0.111 e. The third-order valence-corrected chi connectivity index (χ3v) is 2.32. The van der Waals surface area contributed by atoms with Gasteiger partial charge in [0.05, 0.1) is 12.2 Å². The van der Waals surface area contributed by atoms with Crippen molar-refractivity contribution in [1.29, 1.82) is 0 Å². The lowest BCUT2D eigenvalue weighted by atomic mass is 9.94. The normalized spacial score (nSPS) is 43.6. The maximum absolute atomic E-state index is 10.3. The highest BCUT2D eigenvalue weighted by Crippen LogP contribution is 2.22. The number of carbonyl (C=O) groups excluding carboxylic acids is 1.